The van der Waals surface area contributed by atoms with Gasteiger partial charge in [-0.1, -0.05) is 50.2 Å². The Morgan fingerprint density at radius 2 is 1.46 bits per heavy atom. The minimum atomic E-state index is -0.334. The van der Waals surface area contributed by atoms with Gasteiger partial charge in [0.2, 0.25) is 6.35 Å². The van der Waals surface area contributed by atoms with Gasteiger partial charge in [0.05, 0.1) is 11.9 Å². The quantitative estimate of drug-likeness (QED) is 0.587. The molecule has 0 radical (unpaired) electrons. The highest BCUT2D eigenvalue weighted by molar-refractivity contribution is 5.82. The second kappa shape index (κ2) is 7.98. The Hall–Kier alpha value is -2.92. The van der Waals surface area contributed by atoms with Crippen LogP contribution < -0.4 is 9.80 Å². The van der Waals surface area contributed by atoms with Crippen molar-refractivity contribution >= 4 is 23.0 Å². The summed E-state index contributed by atoms with van der Waals surface area (Å²) in [4.78, 5) is 14.1. The standard InChI is InChI=1S/C23H26N4O/c1-4-28-23-26(19-11-7-5-8-12-19)21-22(25-18(16-24-21)15-17(2)3)27(23)20-13-9-6-10-14-20/h5-14,16-17,23H,4,15H2,1-3H3. The molecule has 0 saturated heterocycles. The molecule has 144 valence electrons. The Morgan fingerprint density at radius 3 is 2.00 bits per heavy atom. The Labute approximate surface area is 166 Å². The van der Waals surface area contributed by atoms with Crippen molar-refractivity contribution in [3.63, 3.8) is 0 Å². The van der Waals surface area contributed by atoms with Crippen molar-refractivity contribution in [1.82, 2.24) is 9.97 Å². The van der Waals surface area contributed by atoms with Crippen molar-refractivity contribution in [1.29, 1.82) is 0 Å². The van der Waals surface area contributed by atoms with Crippen LogP contribution in [0, 0.1) is 5.92 Å². The molecule has 1 atom stereocenters. The average molecular weight is 374 g/mol. The molecular formula is C23H26N4O. The lowest BCUT2D eigenvalue weighted by molar-refractivity contribution is 0.0767. The van der Waals surface area contributed by atoms with E-state index in [-0.39, 0.29) is 6.35 Å². The van der Waals surface area contributed by atoms with Gasteiger partial charge in [-0.2, -0.15) is 0 Å². The number of hydrogen-bond acceptors (Lipinski definition) is 5. The monoisotopic (exact) mass is 374 g/mol. The van der Waals surface area contributed by atoms with E-state index in [4.69, 9.17) is 14.7 Å². The van der Waals surface area contributed by atoms with E-state index < -0.39 is 0 Å². The zero-order valence-electron chi connectivity index (χ0n) is 16.6. The Kier molecular flexibility index (Phi) is 5.26. The number of hydrogen-bond donors (Lipinski definition) is 0. The van der Waals surface area contributed by atoms with E-state index in [0.29, 0.717) is 12.5 Å². The molecule has 4 rings (SSSR count). The van der Waals surface area contributed by atoms with Gasteiger partial charge >= 0.3 is 0 Å². The molecule has 3 aromatic rings. The molecular weight excluding hydrogens is 348 g/mol. The molecule has 5 heteroatoms. The van der Waals surface area contributed by atoms with E-state index in [9.17, 15) is 0 Å². The number of para-hydroxylation sites is 2. The minimum Gasteiger partial charge on any atom is -0.340 e. The van der Waals surface area contributed by atoms with Gasteiger partial charge in [0, 0.05) is 18.0 Å². The largest absolute Gasteiger partial charge is 0.340 e. The molecule has 1 aliphatic heterocycles. The first kappa shape index (κ1) is 18.4. The fourth-order valence-corrected chi connectivity index (χ4v) is 3.56. The third kappa shape index (κ3) is 3.45. The zero-order chi connectivity index (χ0) is 19.5. The molecule has 0 fully saturated rings. The second-order valence-electron chi connectivity index (χ2n) is 7.30. The van der Waals surface area contributed by atoms with Crippen molar-refractivity contribution in [3.8, 4) is 0 Å². The lowest BCUT2D eigenvalue weighted by Gasteiger charge is -2.31. The summed E-state index contributed by atoms with van der Waals surface area (Å²) in [6, 6.07) is 20.5. The highest BCUT2D eigenvalue weighted by Gasteiger charge is 2.41. The number of fused-ring (bicyclic) bond motifs is 1. The minimum absolute atomic E-state index is 0.334. The summed E-state index contributed by atoms with van der Waals surface area (Å²) >= 11 is 0. The average Bonchev–Trinajstić information content (AvgIpc) is 3.02. The number of rotatable bonds is 6. The molecule has 0 N–H and O–H groups in total. The molecule has 0 spiro atoms. The van der Waals surface area contributed by atoms with Gasteiger partial charge < -0.3 is 4.74 Å². The van der Waals surface area contributed by atoms with Gasteiger partial charge in [0.25, 0.3) is 0 Å². The van der Waals surface area contributed by atoms with Gasteiger partial charge in [-0.25, -0.2) is 9.97 Å². The van der Waals surface area contributed by atoms with Gasteiger partial charge in [-0.3, -0.25) is 9.80 Å². The van der Waals surface area contributed by atoms with Crippen molar-refractivity contribution < 1.29 is 4.74 Å². The lowest BCUT2D eigenvalue weighted by atomic mass is 10.1. The molecule has 0 saturated carbocycles. The fourth-order valence-electron chi connectivity index (χ4n) is 3.56. The molecule has 0 bridgehead atoms. The summed E-state index contributed by atoms with van der Waals surface area (Å²) in [6.07, 6.45) is 2.46. The highest BCUT2D eigenvalue weighted by atomic mass is 16.5. The number of anilines is 4. The zero-order valence-corrected chi connectivity index (χ0v) is 16.6. The van der Waals surface area contributed by atoms with E-state index in [1.54, 1.807) is 0 Å². The smallest absolute Gasteiger partial charge is 0.221 e. The molecule has 2 aromatic carbocycles. The van der Waals surface area contributed by atoms with Crippen LogP contribution in [0.4, 0.5) is 23.0 Å². The predicted octanol–water partition coefficient (Wildman–Crippen LogP) is 5.29. The van der Waals surface area contributed by atoms with E-state index >= 15 is 0 Å². The van der Waals surface area contributed by atoms with Crippen LogP contribution in [-0.2, 0) is 11.2 Å². The summed E-state index contributed by atoms with van der Waals surface area (Å²) in [6.45, 7) is 7.00. The highest BCUT2D eigenvalue weighted by Crippen LogP contribution is 2.45. The van der Waals surface area contributed by atoms with E-state index in [0.717, 1.165) is 35.1 Å². The second-order valence-corrected chi connectivity index (χ2v) is 7.30. The van der Waals surface area contributed by atoms with Gasteiger partial charge in [-0.15, -0.1) is 0 Å². The van der Waals surface area contributed by atoms with Crippen molar-refractivity contribution in [2.45, 2.75) is 33.5 Å². The first-order chi connectivity index (χ1) is 13.7. The van der Waals surface area contributed by atoms with Crippen molar-refractivity contribution in [2.24, 2.45) is 5.92 Å². The number of benzene rings is 2. The van der Waals surface area contributed by atoms with Crippen LogP contribution >= 0.6 is 0 Å². The third-order valence-corrected chi connectivity index (χ3v) is 4.69. The van der Waals surface area contributed by atoms with Gasteiger partial charge in [0.1, 0.15) is 0 Å². The maximum absolute atomic E-state index is 6.21. The summed E-state index contributed by atoms with van der Waals surface area (Å²) in [5, 5.41) is 0. The fraction of sp³-hybridized carbons (Fsp3) is 0.304. The number of ether oxygens (including phenoxy) is 1. The van der Waals surface area contributed by atoms with Gasteiger partial charge in [0.15, 0.2) is 11.6 Å². The summed E-state index contributed by atoms with van der Waals surface area (Å²) in [5.74, 6) is 2.18. The van der Waals surface area contributed by atoms with Crippen molar-refractivity contribution in [2.75, 3.05) is 16.4 Å². The molecule has 28 heavy (non-hydrogen) atoms. The predicted molar refractivity (Wildman–Crippen MR) is 113 cm³/mol. The molecule has 0 amide bonds. The maximum Gasteiger partial charge on any atom is 0.221 e. The van der Waals surface area contributed by atoms with Crippen LogP contribution in [-0.4, -0.2) is 22.9 Å². The molecule has 5 nitrogen and oxygen atoms in total. The molecule has 1 aliphatic rings. The maximum atomic E-state index is 6.21. The van der Waals surface area contributed by atoms with Crippen LogP contribution in [0.25, 0.3) is 0 Å². The van der Waals surface area contributed by atoms with Crippen LogP contribution in [0.2, 0.25) is 0 Å². The van der Waals surface area contributed by atoms with E-state index in [1.807, 2.05) is 49.5 Å². The topological polar surface area (TPSA) is 41.5 Å². The normalized spacial score (nSPS) is 15.9. The molecule has 1 unspecified atom stereocenters. The van der Waals surface area contributed by atoms with Gasteiger partial charge in [-0.05, 0) is 43.5 Å². The van der Waals surface area contributed by atoms with E-state index in [1.165, 1.54) is 0 Å². The number of aromatic nitrogens is 2. The van der Waals surface area contributed by atoms with E-state index in [2.05, 4.69) is 47.9 Å². The Morgan fingerprint density at radius 1 is 0.893 bits per heavy atom. The third-order valence-electron chi connectivity index (χ3n) is 4.69. The lowest BCUT2D eigenvalue weighted by Crippen LogP contribution is -2.40. The first-order valence-corrected chi connectivity index (χ1v) is 9.85. The molecule has 1 aromatic heterocycles. The van der Waals surface area contributed by atoms with Crippen LogP contribution in [0.5, 0.6) is 0 Å². The first-order valence-electron chi connectivity index (χ1n) is 9.85. The van der Waals surface area contributed by atoms with Crippen LogP contribution in [0.1, 0.15) is 26.5 Å². The van der Waals surface area contributed by atoms with Crippen LogP contribution in [0.15, 0.2) is 66.9 Å². The number of nitrogens with zero attached hydrogens (tertiary/aromatic N) is 4. The Balaban J connectivity index is 1.88. The van der Waals surface area contributed by atoms with Crippen molar-refractivity contribution in [3.05, 3.63) is 72.6 Å². The summed E-state index contributed by atoms with van der Waals surface area (Å²) in [7, 11) is 0. The Bertz CT molecular complexity index is 914. The SMILES string of the molecule is CCOC1N(c2ccccc2)c2ncc(CC(C)C)nc2N1c1ccccc1. The molecule has 0 aliphatic carbocycles. The molecule has 2 heterocycles. The van der Waals surface area contributed by atoms with Crippen LogP contribution in [0.3, 0.4) is 0 Å². The summed E-state index contributed by atoms with van der Waals surface area (Å²) < 4.78 is 6.21. The summed E-state index contributed by atoms with van der Waals surface area (Å²) in [5.41, 5.74) is 3.07.